The van der Waals surface area contributed by atoms with Crippen molar-refractivity contribution in [3.63, 3.8) is 0 Å². The molecular weight excluding hydrogens is 396 g/mol. The van der Waals surface area contributed by atoms with Crippen LogP contribution in [0.2, 0.25) is 5.02 Å². The lowest BCUT2D eigenvalue weighted by Gasteiger charge is -2.13. The Labute approximate surface area is 172 Å². The van der Waals surface area contributed by atoms with Crippen LogP contribution >= 0.6 is 34.7 Å². The summed E-state index contributed by atoms with van der Waals surface area (Å²) >= 11 is 9.23. The first kappa shape index (κ1) is 18.5. The number of thioether (sulfide) groups is 1. The second-order valence-corrected chi connectivity index (χ2v) is 9.09. The van der Waals surface area contributed by atoms with E-state index in [9.17, 15) is 4.79 Å². The Morgan fingerprint density at radius 1 is 1.15 bits per heavy atom. The number of amides is 1. The summed E-state index contributed by atoms with van der Waals surface area (Å²) in [5.41, 5.74) is 3.58. The fraction of sp³-hybridized carbons (Fsp3) is 0.238. The van der Waals surface area contributed by atoms with Crippen molar-refractivity contribution in [1.82, 2.24) is 4.98 Å². The first-order valence-electron chi connectivity index (χ1n) is 8.95. The number of thiazole rings is 1. The Bertz CT molecular complexity index is 953. The molecule has 1 aliphatic rings. The second-order valence-electron chi connectivity index (χ2n) is 6.40. The van der Waals surface area contributed by atoms with Crippen LogP contribution in [0.25, 0.3) is 11.3 Å². The monoisotopic (exact) mass is 414 g/mol. The zero-order valence-corrected chi connectivity index (χ0v) is 17.1. The standard InChI is InChI=1S/C21H19ClN2OS2/c22-15-8-10-16(11-9-15)26-13-3-6-19(25)23-21-24-20-17-5-2-1-4-14(17)7-12-18(20)27-21/h1-2,4-5,8-11H,3,6-7,12-13H2,(H,23,24,25). The van der Waals surface area contributed by atoms with Gasteiger partial charge in [-0.1, -0.05) is 35.9 Å². The third-order valence-electron chi connectivity index (χ3n) is 4.47. The number of nitrogens with one attached hydrogen (secondary N) is 1. The van der Waals surface area contributed by atoms with Crippen molar-refractivity contribution in [2.75, 3.05) is 11.1 Å². The van der Waals surface area contributed by atoms with E-state index in [0.29, 0.717) is 11.6 Å². The van der Waals surface area contributed by atoms with E-state index in [1.165, 1.54) is 20.9 Å². The molecule has 1 heterocycles. The van der Waals surface area contributed by atoms with Crippen LogP contribution in [0.3, 0.4) is 0 Å². The number of halogens is 1. The average molecular weight is 415 g/mol. The molecule has 1 aromatic heterocycles. The van der Waals surface area contributed by atoms with Crippen molar-refractivity contribution in [3.8, 4) is 11.3 Å². The third-order valence-corrected chi connectivity index (χ3v) is 6.85. The molecule has 1 N–H and O–H groups in total. The minimum absolute atomic E-state index is 0.0334. The van der Waals surface area contributed by atoms with Crippen LogP contribution in [0.4, 0.5) is 5.13 Å². The molecule has 27 heavy (non-hydrogen) atoms. The van der Waals surface area contributed by atoms with Crippen molar-refractivity contribution in [2.24, 2.45) is 0 Å². The van der Waals surface area contributed by atoms with Crippen molar-refractivity contribution in [1.29, 1.82) is 0 Å². The van der Waals surface area contributed by atoms with Gasteiger partial charge in [0.25, 0.3) is 0 Å². The highest BCUT2D eigenvalue weighted by Crippen LogP contribution is 2.38. The van der Waals surface area contributed by atoms with Gasteiger partial charge in [0.2, 0.25) is 5.91 Å². The van der Waals surface area contributed by atoms with Crippen LogP contribution < -0.4 is 5.32 Å². The van der Waals surface area contributed by atoms with E-state index >= 15 is 0 Å². The maximum Gasteiger partial charge on any atom is 0.226 e. The highest BCUT2D eigenvalue weighted by atomic mass is 35.5. The molecule has 3 aromatic rings. The van der Waals surface area contributed by atoms with Gasteiger partial charge in [0.05, 0.1) is 5.69 Å². The van der Waals surface area contributed by atoms with Crippen LogP contribution in [-0.4, -0.2) is 16.6 Å². The van der Waals surface area contributed by atoms with Crippen LogP contribution in [0.5, 0.6) is 0 Å². The van der Waals surface area contributed by atoms with Gasteiger partial charge in [-0.15, -0.1) is 23.1 Å². The van der Waals surface area contributed by atoms with E-state index in [0.717, 1.165) is 35.7 Å². The molecule has 0 saturated carbocycles. The predicted octanol–water partition coefficient (Wildman–Crippen LogP) is 6.07. The van der Waals surface area contributed by atoms with E-state index in [2.05, 4.69) is 28.5 Å². The largest absolute Gasteiger partial charge is 0.302 e. The predicted molar refractivity (Wildman–Crippen MR) is 115 cm³/mol. The normalized spacial score (nSPS) is 12.3. The molecule has 0 radical (unpaired) electrons. The molecule has 1 aliphatic carbocycles. The van der Waals surface area contributed by atoms with E-state index in [1.54, 1.807) is 23.1 Å². The van der Waals surface area contributed by atoms with Gasteiger partial charge >= 0.3 is 0 Å². The zero-order valence-electron chi connectivity index (χ0n) is 14.7. The highest BCUT2D eigenvalue weighted by Gasteiger charge is 2.21. The first-order chi connectivity index (χ1) is 13.2. The number of hydrogen-bond donors (Lipinski definition) is 1. The molecule has 0 unspecified atom stereocenters. The summed E-state index contributed by atoms with van der Waals surface area (Å²) < 4.78 is 0. The van der Waals surface area contributed by atoms with Crippen molar-refractivity contribution < 1.29 is 4.79 Å². The second kappa shape index (κ2) is 8.46. The number of rotatable bonds is 6. The maximum atomic E-state index is 12.3. The van der Waals surface area contributed by atoms with E-state index in [1.807, 2.05) is 30.3 Å². The zero-order chi connectivity index (χ0) is 18.6. The minimum Gasteiger partial charge on any atom is -0.302 e. The first-order valence-corrected chi connectivity index (χ1v) is 11.1. The molecule has 0 spiro atoms. The maximum absolute atomic E-state index is 12.3. The average Bonchev–Trinajstić information content (AvgIpc) is 3.09. The van der Waals surface area contributed by atoms with Crippen molar-refractivity contribution in [2.45, 2.75) is 30.6 Å². The molecule has 0 fully saturated rings. The summed E-state index contributed by atoms with van der Waals surface area (Å²) in [5, 5.41) is 4.44. The number of nitrogens with zero attached hydrogens (tertiary/aromatic N) is 1. The molecular formula is C21H19ClN2OS2. The van der Waals surface area contributed by atoms with E-state index in [-0.39, 0.29) is 5.91 Å². The highest BCUT2D eigenvalue weighted by molar-refractivity contribution is 7.99. The molecule has 1 amide bonds. The quantitative estimate of drug-likeness (QED) is 0.393. The van der Waals surface area contributed by atoms with Gasteiger partial charge in [-0.25, -0.2) is 4.98 Å². The van der Waals surface area contributed by atoms with Crippen LogP contribution in [0.1, 0.15) is 23.3 Å². The molecule has 3 nitrogen and oxygen atoms in total. The number of aromatic nitrogens is 1. The Hall–Kier alpha value is -1.82. The molecule has 6 heteroatoms. The fourth-order valence-corrected chi connectivity index (χ4v) is 5.11. The smallest absolute Gasteiger partial charge is 0.226 e. The summed E-state index contributed by atoms with van der Waals surface area (Å²) in [7, 11) is 0. The molecule has 0 bridgehead atoms. The number of anilines is 1. The molecule has 0 saturated heterocycles. The van der Waals surface area contributed by atoms with E-state index < -0.39 is 0 Å². The SMILES string of the molecule is O=C(CCCSc1ccc(Cl)cc1)Nc1nc2c(s1)CCc1ccccc1-2. The van der Waals surface area contributed by atoms with E-state index in [4.69, 9.17) is 11.6 Å². The van der Waals surface area contributed by atoms with Crippen LogP contribution in [0.15, 0.2) is 53.4 Å². The van der Waals surface area contributed by atoms with Gasteiger partial charge in [0.15, 0.2) is 5.13 Å². The molecule has 2 aromatic carbocycles. The lowest BCUT2D eigenvalue weighted by atomic mass is 9.94. The lowest BCUT2D eigenvalue weighted by molar-refractivity contribution is -0.116. The summed E-state index contributed by atoms with van der Waals surface area (Å²) in [6, 6.07) is 16.2. The van der Waals surface area contributed by atoms with Gasteiger partial charge in [-0.3, -0.25) is 4.79 Å². The summed E-state index contributed by atoms with van der Waals surface area (Å²) in [6.07, 6.45) is 3.37. The summed E-state index contributed by atoms with van der Waals surface area (Å²) in [5.74, 6) is 0.933. The molecule has 0 aliphatic heterocycles. The Kier molecular flexibility index (Phi) is 5.81. The van der Waals surface area contributed by atoms with Gasteiger partial charge in [0, 0.05) is 26.8 Å². The molecule has 138 valence electrons. The number of aryl methyl sites for hydroxylation is 2. The summed E-state index contributed by atoms with van der Waals surface area (Å²) in [6.45, 7) is 0. The van der Waals surface area contributed by atoms with Crippen LogP contribution in [-0.2, 0) is 17.6 Å². The number of carbonyl (C=O) groups excluding carboxylic acids is 1. The molecule has 0 atom stereocenters. The molecule has 4 rings (SSSR count). The van der Waals surface area contributed by atoms with Gasteiger partial charge < -0.3 is 5.32 Å². The number of fused-ring (bicyclic) bond motifs is 3. The number of carbonyl (C=O) groups is 1. The van der Waals surface area contributed by atoms with Gasteiger partial charge in [-0.2, -0.15) is 0 Å². The topological polar surface area (TPSA) is 42.0 Å². The lowest BCUT2D eigenvalue weighted by Crippen LogP contribution is -2.11. The van der Waals surface area contributed by atoms with Gasteiger partial charge in [0.1, 0.15) is 0 Å². The van der Waals surface area contributed by atoms with Crippen molar-refractivity contribution in [3.05, 3.63) is 64.0 Å². The number of hydrogen-bond acceptors (Lipinski definition) is 4. The Morgan fingerprint density at radius 3 is 2.81 bits per heavy atom. The third kappa shape index (κ3) is 4.54. The van der Waals surface area contributed by atoms with Gasteiger partial charge in [-0.05, 0) is 54.8 Å². The van der Waals surface area contributed by atoms with Crippen LogP contribution in [0, 0.1) is 0 Å². The van der Waals surface area contributed by atoms with Crippen molar-refractivity contribution >= 4 is 45.7 Å². The summed E-state index contributed by atoms with van der Waals surface area (Å²) in [4.78, 5) is 19.4. The Morgan fingerprint density at radius 2 is 1.96 bits per heavy atom. The fourth-order valence-electron chi connectivity index (χ4n) is 3.14. The Balaban J connectivity index is 1.29. The minimum atomic E-state index is 0.0334. The number of benzene rings is 2.